The molecule has 0 spiro atoms. The minimum absolute atomic E-state index is 0.245. The largest absolute Gasteiger partial charge is 0.196 e. The van der Waals surface area contributed by atoms with Crippen molar-refractivity contribution in [3.63, 3.8) is 0 Å². The van der Waals surface area contributed by atoms with Crippen molar-refractivity contribution in [1.82, 2.24) is 20.2 Å². The van der Waals surface area contributed by atoms with Crippen molar-refractivity contribution in [2.75, 3.05) is 0 Å². The van der Waals surface area contributed by atoms with Gasteiger partial charge in [-0.3, -0.25) is 0 Å². The molecule has 0 amide bonds. The molecule has 0 saturated carbocycles. The van der Waals surface area contributed by atoms with E-state index in [2.05, 4.69) is 15.5 Å². The van der Waals surface area contributed by atoms with Crippen molar-refractivity contribution in [2.24, 2.45) is 0 Å². The standard InChI is InChI=1S/C10H10Cl2N4/c1-6-5-8(12)3-4-9(6)16-10(7(2)11)13-14-15-16/h3-5,7H,1-2H3. The summed E-state index contributed by atoms with van der Waals surface area (Å²) >= 11 is 11.9. The Morgan fingerprint density at radius 1 is 1.38 bits per heavy atom. The predicted molar refractivity (Wildman–Crippen MR) is 63.2 cm³/mol. The van der Waals surface area contributed by atoms with Gasteiger partial charge in [0.05, 0.1) is 11.1 Å². The van der Waals surface area contributed by atoms with Gasteiger partial charge in [-0.05, 0) is 48.0 Å². The summed E-state index contributed by atoms with van der Waals surface area (Å²) in [6.45, 7) is 3.78. The highest BCUT2D eigenvalue weighted by molar-refractivity contribution is 6.30. The first-order valence-corrected chi connectivity index (χ1v) is 5.60. The van der Waals surface area contributed by atoms with E-state index in [0.717, 1.165) is 11.3 Å². The topological polar surface area (TPSA) is 43.6 Å². The van der Waals surface area contributed by atoms with Gasteiger partial charge in [0.1, 0.15) is 0 Å². The molecule has 2 rings (SSSR count). The van der Waals surface area contributed by atoms with Crippen LogP contribution in [-0.4, -0.2) is 20.2 Å². The van der Waals surface area contributed by atoms with Gasteiger partial charge in [-0.1, -0.05) is 11.6 Å². The third-order valence-electron chi connectivity index (χ3n) is 2.24. The Morgan fingerprint density at radius 2 is 2.12 bits per heavy atom. The normalized spacial score (nSPS) is 12.8. The van der Waals surface area contributed by atoms with Gasteiger partial charge >= 0.3 is 0 Å². The molecule has 0 aliphatic rings. The average molecular weight is 257 g/mol. The number of hydrogen-bond donors (Lipinski definition) is 0. The first kappa shape index (κ1) is 11.4. The van der Waals surface area contributed by atoms with E-state index in [1.54, 1.807) is 10.7 Å². The summed E-state index contributed by atoms with van der Waals surface area (Å²) in [6.07, 6.45) is 0. The number of alkyl halides is 1. The van der Waals surface area contributed by atoms with E-state index in [4.69, 9.17) is 23.2 Å². The number of rotatable bonds is 2. The molecule has 1 heterocycles. The molecule has 0 bridgehead atoms. The first-order valence-electron chi connectivity index (χ1n) is 4.78. The Labute approximate surface area is 103 Å². The Kier molecular flexibility index (Phi) is 3.12. The number of nitrogens with zero attached hydrogens (tertiary/aromatic N) is 4. The van der Waals surface area contributed by atoms with Crippen molar-refractivity contribution in [1.29, 1.82) is 0 Å². The summed E-state index contributed by atoms with van der Waals surface area (Å²) in [7, 11) is 0. The summed E-state index contributed by atoms with van der Waals surface area (Å²) in [4.78, 5) is 0. The molecule has 0 saturated heterocycles. The van der Waals surface area contributed by atoms with Gasteiger partial charge in [-0.2, -0.15) is 4.68 Å². The molecule has 0 fully saturated rings. The maximum Gasteiger partial charge on any atom is 0.174 e. The van der Waals surface area contributed by atoms with Crippen molar-refractivity contribution in [2.45, 2.75) is 19.2 Å². The van der Waals surface area contributed by atoms with Crippen molar-refractivity contribution >= 4 is 23.2 Å². The van der Waals surface area contributed by atoms with E-state index in [-0.39, 0.29) is 5.38 Å². The van der Waals surface area contributed by atoms with E-state index >= 15 is 0 Å². The molecule has 1 aromatic carbocycles. The fourth-order valence-corrected chi connectivity index (χ4v) is 1.83. The van der Waals surface area contributed by atoms with E-state index in [1.807, 2.05) is 26.0 Å². The van der Waals surface area contributed by atoms with Gasteiger partial charge < -0.3 is 0 Å². The number of benzene rings is 1. The Hall–Kier alpha value is -1.13. The third kappa shape index (κ3) is 2.03. The van der Waals surface area contributed by atoms with Gasteiger partial charge in [-0.25, -0.2) is 0 Å². The number of tetrazole rings is 1. The fourth-order valence-electron chi connectivity index (χ4n) is 1.47. The second-order valence-corrected chi connectivity index (χ2v) is 4.59. The summed E-state index contributed by atoms with van der Waals surface area (Å²) in [5, 5.41) is 11.9. The molecule has 1 atom stereocenters. The molecule has 0 aliphatic heterocycles. The number of aromatic nitrogens is 4. The number of halogens is 2. The SMILES string of the molecule is Cc1cc(Cl)ccc1-n1nnnc1C(C)Cl. The second kappa shape index (κ2) is 4.39. The van der Waals surface area contributed by atoms with Crippen LogP contribution >= 0.6 is 23.2 Å². The lowest BCUT2D eigenvalue weighted by Gasteiger charge is -2.08. The average Bonchev–Trinajstić information content (AvgIpc) is 2.66. The fraction of sp³-hybridized carbons (Fsp3) is 0.300. The highest BCUT2D eigenvalue weighted by Crippen LogP contribution is 2.23. The van der Waals surface area contributed by atoms with Gasteiger partial charge in [0.15, 0.2) is 5.82 Å². The molecule has 16 heavy (non-hydrogen) atoms. The minimum Gasteiger partial charge on any atom is -0.196 e. The van der Waals surface area contributed by atoms with Crippen LogP contribution in [0.4, 0.5) is 0 Å². The van der Waals surface area contributed by atoms with Crippen LogP contribution in [0, 0.1) is 6.92 Å². The zero-order valence-electron chi connectivity index (χ0n) is 8.85. The Morgan fingerprint density at radius 3 is 2.75 bits per heavy atom. The Balaban J connectivity index is 2.54. The van der Waals surface area contributed by atoms with E-state index in [1.165, 1.54) is 0 Å². The molecule has 1 unspecified atom stereocenters. The van der Waals surface area contributed by atoms with Crippen LogP contribution in [0.25, 0.3) is 5.69 Å². The van der Waals surface area contributed by atoms with E-state index in [9.17, 15) is 0 Å². The zero-order chi connectivity index (χ0) is 11.7. The van der Waals surface area contributed by atoms with Gasteiger partial charge in [0, 0.05) is 5.02 Å². The van der Waals surface area contributed by atoms with Crippen LogP contribution in [0.1, 0.15) is 23.7 Å². The summed E-state index contributed by atoms with van der Waals surface area (Å²) < 4.78 is 1.63. The van der Waals surface area contributed by atoms with E-state index < -0.39 is 0 Å². The number of aryl methyl sites for hydroxylation is 1. The van der Waals surface area contributed by atoms with Crippen LogP contribution in [0.3, 0.4) is 0 Å². The molecule has 84 valence electrons. The van der Waals surface area contributed by atoms with Crippen molar-refractivity contribution in [3.8, 4) is 5.69 Å². The third-order valence-corrected chi connectivity index (χ3v) is 2.67. The van der Waals surface area contributed by atoms with Crippen molar-refractivity contribution in [3.05, 3.63) is 34.6 Å². The van der Waals surface area contributed by atoms with Crippen LogP contribution in [0.5, 0.6) is 0 Å². The molecule has 4 nitrogen and oxygen atoms in total. The maximum atomic E-state index is 5.99. The van der Waals surface area contributed by atoms with Crippen molar-refractivity contribution < 1.29 is 0 Å². The summed E-state index contributed by atoms with van der Waals surface area (Å²) in [5.41, 5.74) is 1.88. The quantitative estimate of drug-likeness (QED) is 0.777. The van der Waals surface area contributed by atoms with Crippen LogP contribution in [-0.2, 0) is 0 Å². The van der Waals surface area contributed by atoms with Gasteiger partial charge in [-0.15, -0.1) is 16.7 Å². The zero-order valence-corrected chi connectivity index (χ0v) is 10.4. The monoisotopic (exact) mass is 256 g/mol. The van der Waals surface area contributed by atoms with Crippen LogP contribution in [0.15, 0.2) is 18.2 Å². The molecular formula is C10H10Cl2N4. The molecule has 2 aromatic rings. The summed E-state index contributed by atoms with van der Waals surface area (Å²) in [6, 6.07) is 5.53. The molecule has 6 heteroatoms. The number of hydrogen-bond acceptors (Lipinski definition) is 3. The minimum atomic E-state index is -0.245. The smallest absolute Gasteiger partial charge is 0.174 e. The Bertz CT molecular complexity index is 507. The lowest BCUT2D eigenvalue weighted by Crippen LogP contribution is -2.05. The second-order valence-electron chi connectivity index (χ2n) is 3.50. The molecule has 1 aromatic heterocycles. The molecular weight excluding hydrogens is 247 g/mol. The maximum absolute atomic E-state index is 5.99. The van der Waals surface area contributed by atoms with Gasteiger partial charge in [0.2, 0.25) is 0 Å². The predicted octanol–water partition coefficient (Wildman–Crippen LogP) is 2.92. The molecule has 0 radical (unpaired) electrons. The summed E-state index contributed by atoms with van der Waals surface area (Å²) in [5.74, 6) is 0.618. The highest BCUT2D eigenvalue weighted by atomic mass is 35.5. The van der Waals surface area contributed by atoms with Crippen LogP contribution < -0.4 is 0 Å². The molecule has 0 aliphatic carbocycles. The highest BCUT2D eigenvalue weighted by Gasteiger charge is 2.14. The lowest BCUT2D eigenvalue weighted by atomic mass is 10.2. The van der Waals surface area contributed by atoms with Crippen LogP contribution in [0.2, 0.25) is 5.02 Å². The first-order chi connectivity index (χ1) is 7.59. The lowest BCUT2D eigenvalue weighted by molar-refractivity contribution is 0.757. The van der Waals surface area contributed by atoms with Gasteiger partial charge in [0.25, 0.3) is 0 Å². The van der Waals surface area contributed by atoms with E-state index in [0.29, 0.717) is 10.8 Å². The molecule has 0 N–H and O–H groups in total.